The van der Waals surface area contributed by atoms with Crippen molar-refractivity contribution in [3.05, 3.63) is 186 Å². The standard InChI is InChI=1S/C48H31N/c1-4-10-41-30(7-1)13-14-33-19-22-38(27-44(33)41)49(39-23-20-34-25-36-17-15-31-8-2-5-11-42(31)47(36)45(34)28-39)40-24-21-35-26-37-18-16-32-9-3-6-12-43(32)48(37)46(35)29-40/h1-24,27-29H,25-26H2. The van der Waals surface area contributed by atoms with Gasteiger partial charge in [0.25, 0.3) is 0 Å². The van der Waals surface area contributed by atoms with Crippen LogP contribution in [-0.4, -0.2) is 0 Å². The smallest absolute Gasteiger partial charge is 0.0468 e. The highest BCUT2D eigenvalue weighted by atomic mass is 15.1. The zero-order valence-corrected chi connectivity index (χ0v) is 26.9. The first-order valence-corrected chi connectivity index (χ1v) is 17.3. The average Bonchev–Trinajstić information content (AvgIpc) is 3.73. The van der Waals surface area contributed by atoms with E-state index in [4.69, 9.17) is 0 Å². The van der Waals surface area contributed by atoms with Crippen LogP contribution < -0.4 is 4.90 Å². The molecule has 228 valence electrons. The van der Waals surface area contributed by atoms with E-state index in [9.17, 15) is 0 Å². The van der Waals surface area contributed by atoms with Crippen molar-refractivity contribution in [1.29, 1.82) is 0 Å². The van der Waals surface area contributed by atoms with E-state index in [2.05, 4.69) is 169 Å². The van der Waals surface area contributed by atoms with E-state index >= 15 is 0 Å². The van der Waals surface area contributed by atoms with Gasteiger partial charge in [-0.05, 0) is 137 Å². The highest BCUT2D eigenvalue weighted by Crippen LogP contribution is 2.48. The quantitative estimate of drug-likeness (QED) is 0.177. The first-order valence-electron chi connectivity index (χ1n) is 17.3. The molecule has 1 nitrogen and oxygen atoms in total. The lowest BCUT2D eigenvalue weighted by Crippen LogP contribution is -2.10. The van der Waals surface area contributed by atoms with E-state index < -0.39 is 0 Å². The monoisotopic (exact) mass is 621 g/mol. The molecule has 0 unspecified atom stereocenters. The van der Waals surface area contributed by atoms with Gasteiger partial charge in [0.05, 0.1) is 0 Å². The molecule has 0 amide bonds. The number of hydrogen-bond donors (Lipinski definition) is 0. The van der Waals surface area contributed by atoms with Gasteiger partial charge in [-0.15, -0.1) is 0 Å². The molecule has 0 aliphatic heterocycles. The molecule has 2 aliphatic rings. The Bertz CT molecular complexity index is 2700. The molecular formula is C48H31N. The summed E-state index contributed by atoms with van der Waals surface area (Å²) < 4.78 is 0. The lowest BCUT2D eigenvalue weighted by atomic mass is 9.96. The number of hydrogen-bond acceptors (Lipinski definition) is 1. The zero-order valence-electron chi connectivity index (χ0n) is 26.9. The Balaban J connectivity index is 1.16. The number of benzene rings is 9. The predicted molar refractivity (Wildman–Crippen MR) is 208 cm³/mol. The molecule has 1 heteroatoms. The van der Waals surface area contributed by atoms with Crippen molar-refractivity contribution in [2.45, 2.75) is 12.8 Å². The fourth-order valence-electron chi connectivity index (χ4n) is 8.73. The van der Waals surface area contributed by atoms with E-state index in [1.54, 1.807) is 0 Å². The van der Waals surface area contributed by atoms with Crippen LogP contribution in [0.4, 0.5) is 17.1 Å². The molecular weight excluding hydrogens is 591 g/mol. The van der Waals surface area contributed by atoms with Crippen molar-refractivity contribution in [2.24, 2.45) is 0 Å². The van der Waals surface area contributed by atoms with E-state index in [-0.39, 0.29) is 0 Å². The van der Waals surface area contributed by atoms with Gasteiger partial charge in [0.15, 0.2) is 0 Å². The maximum Gasteiger partial charge on any atom is 0.0468 e. The van der Waals surface area contributed by atoms with Gasteiger partial charge < -0.3 is 4.90 Å². The molecule has 0 spiro atoms. The maximum absolute atomic E-state index is 2.48. The molecule has 9 aromatic rings. The summed E-state index contributed by atoms with van der Waals surface area (Å²) in [6.07, 6.45) is 1.95. The second kappa shape index (κ2) is 10.2. The van der Waals surface area contributed by atoms with Crippen LogP contribution in [0.1, 0.15) is 22.3 Å². The van der Waals surface area contributed by atoms with Crippen LogP contribution in [0.5, 0.6) is 0 Å². The lowest BCUT2D eigenvalue weighted by Gasteiger charge is -2.27. The molecule has 0 radical (unpaired) electrons. The van der Waals surface area contributed by atoms with E-state index in [0.29, 0.717) is 0 Å². The molecule has 0 N–H and O–H groups in total. The molecule has 2 aliphatic carbocycles. The summed E-state index contributed by atoms with van der Waals surface area (Å²) >= 11 is 0. The maximum atomic E-state index is 2.48. The minimum absolute atomic E-state index is 0.973. The Morgan fingerprint density at radius 1 is 0.306 bits per heavy atom. The summed E-state index contributed by atoms with van der Waals surface area (Å²) in [4.78, 5) is 2.48. The molecule has 0 aromatic heterocycles. The van der Waals surface area contributed by atoms with Gasteiger partial charge in [0.2, 0.25) is 0 Å². The van der Waals surface area contributed by atoms with E-state index in [1.165, 1.54) is 99.0 Å². The number of nitrogens with zero attached hydrogens (tertiary/aromatic N) is 1. The number of anilines is 3. The zero-order chi connectivity index (χ0) is 32.1. The van der Waals surface area contributed by atoms with Gasteiger partial charge in [-0.2, -0.15) is 0 Å². The summed E-state index contributed by atoms with van der Waals surface area (Å²) in [5.41, 5.74) is 14.6. The minimum Gasteiger partial charge on any atom is -0.310 e. The van der Waals surface area contributed by atoms with Crippen LogP contribution in [0.2, 0.25) is 0 Å². The van der Waals surface area contributed by atoms with Crippen LogP contribution >= 0.6 is 0 Å². The highest BCUT2D eigenvalue weighted by Gasteiger charge is 2.26. The molecule has 0 saturated heterocycles. The Morgan fingerprint density at radius 2 is 0.694 bits per heavy atom. The normalized spacial score (nSPS) is 12.7. The Labute approximate surface area is 285 Å². The topological polar surface area (TPSA) is 3.24 Å². The Kier molecular flexibility index (Phi) is 5.57. The SMILES string of the molecule is c1ccc2c3c(ccc2c1)Cc1ccc(N(c2ccc4c(c2)-c2c(ccc5ccccc25)C4)c2ccc4ccc5ccccc5c4c2)cc1-3. The summed E-state index contributed by atoms with van der Waals surface area (Å²) in [5, 5.41) is 10.3. The molecule has 0 saturated carbocycles. The van der Waals surface area contributed by atoms with Crippen molar-refractivity contribution in [3.8, 4) is 22.3 Å². The Morgan fingerprint density at radius 3 is 1.27 bits per heavy atom. The van der Waals surface area contributed by atoms with Crippen LogP contribution in [0.15, 0.2) is 164 Å². The van der Waals surface area contributed by atoms with Crippen molar-refractivity contribution in [1.82, 2.24) is 0 Å². The molecule has 49 heavy (non-hydrogen) atoms. The van der Waals surface area contributed by atoms with Gasteiger partial charge in [-0.1, -0.05) is 127 Å². The third kappa shape index (κ3) is 4.00. The second-order valence-electron chi connectivity index (χ2n) is 13.7. The minimum atomic E-state index is 0.973. The van der Waals surface area contributed by atoms with Gasteiger partial charge in [0.1, 0.15) is 0 Å². The number of rotatable bonds is 3. The summed E-state index contributed by atoms with van der Waals surface area (Å²) in [6, 6.07) is 61.3. The molecule has 0 fully saturated rings. The van der Waals surface area contributed by atoms with Gasteiger partial charge in [-0.25, -0.2) is 0 Å². The van der Waals surface area contributed by atoms with Crippen LogP contribution in [-0.2, 0) is 12.8 Å². The van der Waals surface area contributed by atoms with Crippen LogP contribution in [0.25, 0.3) is 65.3 Å². The Hall–Kier alpha value is -6.18. The second-order valence-corrected chi connectivity index (χ2v) is 13.7. The predicted octanol–water partition coefficient (Wildman–Crippen LogP) is 12.9. The van der Waals surface area contributed by atoms with Gasteiger partial charge in [0, 0.05) is 17.1 Å². The molecule has 0 bridgehead atoms. The number of fused-ring (bicyclic) bond motifs is 13. The van der Waals surface area contributed by atoms with Gasteiger partial charge in [-0.3, -0.25) is 0 Å². The summed E-state index contributed by atoms with van der Waals surface area (Å²) in [6.45, 7) is 0. The molecule has 11 rings (SSSR count). The van der Waals surface area contributed by atoms with Crippen molar-refractivity contribution in [3.63, 3.8) is 0 Å². The molecule has 0 heterocycles. The largest absolute Gasteiger partial charge is 0.310 e. The first kappa shape index (κ1) is 26.8. The van der Waals surface area contributed by atoms with E-state index in [0.717, 1.165) is 18.5 Å². The van der Waals surface area contributed by atoms with Crippen LogP contribution in [0.3, 0.4) is 0 Å². The van der Waals surface area contributed by atoms with Crippen LogP contribution in [0, 0.1) is 0 Å². The highest BCUT2D eigenvalue weighted by molar-refractivity contribution is 6.09. The fourth-order valence-corrected chi connectivity index (χ4v) is 8.73. The van der Waals surface area contributed by atoms with E-state index in [1.807, 2.05) is 0 Å². The lowest BCUT2D eigenvalue weighted by molar-refractivity contribution is 1.24. The van der Waals surface area contributed by atoms with Crippen molar-refractivity contribution < 1.29 is 0 Å². The fraction of sp³-hybridized carbons (Fsp3) is 0.0417. The first-order chi connectivity index (χ1) is 24.3. The average molecular weight is 622 g/mol. The van der Waals surface area contributed by atoms with Crippen molar-refractivity contribution >= 4 is 60.2 Å². The third-order valence-electron chi connectivity index (χ3n) is 11.0. The third-order valence-corrected chi connectivity index (χ3v) is 11.0. The summed E-state index contributed by atoms with van der Waals surface area (Å²) in [7, 11) is 0. The summed E-state index contributed by atoms with van der Waals surface area (Å²) in [5.74, 6) is 0. The molecule has 9 aromatic carbocycles. The molecule has 0 atom stereocenters. The van der Waals surface area contributed by atoms with Crippen molar-refractivity contribution in [2.75, 3.05) is 4.90 Å². The van der Waals surface area contributed by atoms with Gasteiger partial charge >= 0.3 is 0 Å².